The quantitative estimate of drug-likeness (QED) is 0.0978. The monoisotopic (exact) mass is 694 g/mol. The van der Waals surface area contributed by atoms with E-state index >= 15 is 0 Å². The number of hydrogen-bond donors (Lipinski definition) is 4. The van der Waals surface area contributed by atoms with Crippen molar-refractivity contribution >= 4 is 68.2 Å². The number of nitrogens with one attached hydrogen (secondary N) is 4. The Balaban J connectivity index is 0.000000191. The number of pyridine rings is 4. The molecule has 10 nitrogen and oxygen atoms in total. The van der Waals surface area contributed by atoms with E-state index in [0.717, 1.165) is 64.8 Å². The molecule has 0 saturated heterocycles. The van der Waals surface area contributed by atoms with Gasteiger partial charge in [0.15, 0.2) is 0 Å². The standard InChI is InChI=1S/C19H19ClN4O.C18H17ClN4O/c1-13-3-4-14(12-24-13)19(25)23-9-2-8-21-17-7-10-22-18-11-15(20)5-6-16(17)18;19-14-4-5-15-16(6-10-22-17(15)11-14)21-8-2-9-23-18(24)13-3-1-7-20-12-13/h3-7,10-12H,2,8-9H2,1H3,(H,21,22)(H,23,25);1,3-7,10-12H,2,8-9H2,(H,21,22)(H,23,24). The van der Waals surface area contributed by atoms with Crippen LogP contribution in [0.4, 0.5) is 11.4 Å². The van der Waals surface area contributed by atoms with Crippen LogP contribution in [0.1, 0.15) is 39.3 Å². The summed E-state index contributed by atoms with van der Waals surface area (Å²) < 4.78 is 0. The average Bonchev–Trinajstić information content (AvgIpc) is 3.12. The second-order valence-electron chi connectivity index (χ2n) is 11.0. The third kappa shape index (κ3) is 10.3. The Kier molecular flexibility index (Phi) is 12.7. The number of nitrogens with zero attached hydrogens (tertiary/aromatic N) is 4. The molecule has 4 heterocycles. The molecule has 250 valence electrons. The maximum Gasteiger partial charge on any atom is 0.252 e. The lowest BCUT2D eigenvalue weighted by molar-refractivity contribution is 0.0945. The summed E-state index contributed by atoms with van der Waals surface area (Å²) in [5.41, 5.74) is 5.78. The highest BCUT2D eigenvalue weighted by Crippen LogP contribution is 2.25. The summed E-state index contributed by atoms with van der Waals surface area (Å²) in [5, 5.41) is 15.9. The van der Waals surface area contributed by atoms with Crippen LogP contribution in [-0.2, 0) is 0 Å². The van der Waals surface area contributed by atoms with Crippen molar-refractivity contribution in [3.05, 3.63) is 131 Å². The fraction of sp³-hybridized carbons (Fsp3) is 0.189. The lowest BCUT2D eigenvalue weighted by Crippen LogP contribution is -2.26. The molecule has 4 N–H and O–H groups in total. The first-order valence-electron chi connectivity index (χ1n) is 15.8. The fourth-order valence-corrected chi connectivity index (χ4v) is 5.21. The van der Waals surface area contributed by atoms with Gasteiger partial charge in [0.1, 0.15) is 0 Å². The highest BCUT2D eigenvalue weighted by molar-refractivity contribution is 6.31. The summed E-state index contributed by atoms with van der Waals surface area (Å²) in [7, 11) is 0. The average molecular weight is 696 g/mol. The van der Waals surface area contributed by atoms with Gasteiger partial charge >= 0.3 is 0 Å². The minimum atomic E-state index is -0.105. The largest absolute Gasteiger partial charge is 0.384 e. The maximum atomic E-state index is 12.0. The lowest BCUT2D eigenvalue weighted by atomic mass is 10.2. The Morgan fingerprint density at radius 2 is 1.16 bits per heavy atom. The topological polar surface area (TPSA) is 134 Å². The fourth-order valence-electron chi connectivity index (χ4n) is 4.88. The number of aromatic nitrogens is 4. The number of hydrogen-bond acceptors (Lipinski definition) is 8. The van der Waals surface area contributed by atoms with Crippen LogP contribution in [0, 0.1) is 6.92 Å². The van der Waals surface area contributed by atoms with E-state index in [0.29, 0.717) is 34.3 Å². The predicted octanol–water partition coefficient (Wildman–Crippen LogP) is 7.34. The summed E-state index contributed by atoms with van der Waals surface area (Å²) in [6, 6.07) is 22.3. The molecule has 6 aromatic rings. The highest BCUT2D eigenvalue weighted by atomic mass is 35.5. The Bertz CT molecular complexity index is 2010. The Morgan fingerprint density at radius 1 is 0.612 bits per heavy atom. The van der Waals surface area contributed by atoms with Gasteiger partial charge in [-0.05, 0) is 92.6 Å². The van der Waals surface area contributed by atoms with Crippen LogP contribution in [0.25, 0.3) is 21.8 Å². The number of amides is 2. The second-order valence-corrected chi connectivity index (χ2v) is 11.9. The molecule has 49 heavy (non-hydrogen) atoms. The molecule has 0 aliphatic heterocycles. The van der Waals surface area contributed by atoms with E-state index < -0.39 is 0 Å². The van der Waals surface area contributed by atoms with E-state index in [1.54, 1.807) is 49.2 Å². The maximum absolute atomic E-state index is 12.0. The molecule has 6 rings (SSSR count). The smallest absolute Gasteiger partial charge is 0.252 e. The number of carbonyl (C=O) groups is 2. The molecule has 0 saturated carbocycles. The molecule has 2 amide bonds. The van der Waals surface area contributed by atoms with Crippen LogP contribution in [0.5, 0.6) is 0 Å². The van der Waals surface area contributed by atoms with E-state index in [9.17, 15) is 9.59 Å². The van der Waals surface area contributed by atoms with Gasteiger partial charge in [-0.3, -0.25) is 29.5 Å². The minimum Gasteiger partial charge on any atom is -0.384 e. The highest BCUT2D eigenvalue weighted by Gasteiger charge is 2.07. The first-order chi connectivity index (χ1) is 23.9. The van der Waals surface area contributed by atoms with Gasteiger partial charge in [-0.25, -0.2) is 0 Å². The third-order valence-electron chi connectivity index (χ3n) is 7.42. The van der Waals surface area contributed by atoms with Gasteiger partial charge in [-0.2, -0.15) is 0 Å². The molecule has 0 unspecified atom stereocenters. The molecule has 2 aromatic carbocycles. The first kappa shape index (κ1) is 35.0. The molecule has 4 aromatic heterocycles. The Morgan fingerprint density at radius 3 is 1.65 bits per heavy atom. The number of aryl methyl sites for hydroxylation is 1. The molecule has 0 aliphatic carbocycles. The molecule has 0 atom stereocenters. The molecule has 0 fully saturated rings. The normalized spacial score (nSPS) is 10.6. The second kappa shape index (κ2) is 17.7. The van der Waals surface area contributed by atoms with E-state index in [-0.39, 0.29) is 11.8 Å². The summed E-state index contributed by atoms with van der Waals surface area (Å²) in [6.45, 7) is 4.57. The zero-order valence-corrected chi connectivity index (χ0v) is 28.4. The van der Waals surface area contributed by atoms with Crippen molar-refractivity contribution in [2.24, 2.45) is 0 Å². The molecule has 0 spiro atoms. The first-order valence-corrected chi connectivity index (χ1v) is 16.6. The van der Waals surface area contributed by atoms with Crippen molar-refractivity contribution in [3.63, 3.8) is 0 Å². The Labute approximate surface area is 294 Å². The summed E-state index contributed by atoms with van der Waals surface area (Å²) in [5.74, 6) is -0.205. The van der Waals surface area contributed by atoms with Gasteiger partial charge in [0, 0.05) is 95.0 Å². The SMILES string of the molecule is Cc1ccc(C(=O)NCCCNc2ccnc3cc(Cl)ccc23)cn1.O=C(NCCCNc1ccnc2cc(Cl)ccc12)c1cccnc1. The number of halogens is 2. The van der Waals surface area contributed by atoms with Crippen LogP contribution < -0.4 is 21.3 Å². The third-order valence-corrected chi connectivity index (χ3v) is 7.89. The van der Waals surface area contributed by atoms with Crippen molar-refractivity contribution in [1.82, 2.24) is 30.6 Å². The van der Waals surface area contributed by atoms with E-state index in [1.807, 2.05) is 61.5 Å². The van der Waals surface area contributed by atoms with Gasteiger partial charge in [0.05, 0.1) is 22.2 Å². The number of carbonyl (C=O) groups excluding carboxylic acids is 2. The number of benzene rings is 2. The van der Waals surface area contributed by atoms with Crippen molar-refractivity contribution in [3.8, 4) is 0 Å². The summed E-state index contributed by atoms with van der Waals surface area (Å²) >= 11 is 12.0. The minimum absolute atomic E-state index is 0.100. The summed E-state index contributed by atoms with van der Waals surface area (Å²) in [6.07, 6.45) is 9.93. The van der Waals surface area contributed by atoms with E-state index in [2.05, 4.69) is 41.2 Å². The molecule has 0 radical (unpaired) electrons. The van der Waals surface area contributed by atoms with Crippen LogP contribution in [0.15, 0.2) is 104 Å². The van der Waals surface area contributed by atoms with Crippen molar-refractivity contribution in [2.75, 3.05) is 36.8 Å². The molecular weight excluding hydrogens is 659 g/mol. The van der Waals surface area contributed by atoms with Gasteiger partial charge < -0.3 is 21.3 Å². The van der Waals surface area contributed by atoms with E-state index in [4.69, 9.17) is 23.2 Å². The Hall–Kier alpha value is -5.32. The molecular formula is C37H36Cl2N8O2. The van der Waals surface area contributed by atoms with E-state index in [1.165, 1.54) is 0 Å². The zero-order valence-electron chi connectivity index (χ0n) is 26.9. The molecule has 0 bridgehead atoms. The zero-order chi connectivity index (χ0) is 34.4. The van der Waals surface area contributed by atoms with Gasteiger partial charge in [-0.1, -0.05) is 23.2 Å². The van der Waals surface area contributed by atoms with Crippen LogP contribution in [0.3, 0.4) is 0 Å². The van der Waals surface area contributed by atoms with Crippen molar-refractivity contribution < 1.29 is 9.59 Å². The van der Waals surface area contributed by atoms with Crippen molar-refractivity contribution in [2.45, 2.75) is 19.8 Å². The lowest BCUT2D eigenvalue weighted by Gasteiger charge is -2.10. The molecule has 0 aliphatic rings. The summed E-state index contributed by atoms with van der Waals surface area (Å²) in [4.78, 5) is 40.6. The van der Waals surface area contributed by atoms with Crippen LogP contribution in [0.2, 0.25) is 10.0 Å². The molecule has 12 heteroatoms. The number of anilines is 2. The van der Waals surface area contributed by atoms with Crippen LogP contribution >= 0.6 is 23.2 Å². The number of fused-ring (bicyclic) bond motifs is 2. The van der Waals surface area contributed by atoms with Crippen molar-refractivity contribution in [1.29, 1.82) is 0 Å². The number of rotatable bonds is 12. The van der Waals surface area contributed by atoms with Gasteiger partial charge in [0.2, 0.25) is 0 Å². The van der Waals surface area contributed by atoms with Crippen LogP contribution in [-0.4, -0.2) is 57.9 Å². The van der Waals surface area contributed by atoms with Gasteiger partial charge in [-0.15, -0.1) is 0 Å². The van der Waals surface area contributed by atoms with Gasteiger partial charge in [0.25, 0.3) is 11.8 Å². The predicted molar refractivity (Wildman–Crippen MR) is 198 cm³/mol.